The van der Waals surface area contributed by atoms with E-state index in [-0.39, 0.29) is 5.56 Å². The van der Waals surface area contributed by atoms with Crippen LogP contribution < -0.4 is 4.90 Å². The molecule has 0 bridgehead atoms. The highest BCUT2D eigenvalue weighted by molar-refractivity contribution is 6.29. The number of pyridine rings is 1. The van der Waals surface area contributed by atoms with Crippen LogP contribution in [0.2, 0.25) is 5.15 Å². The summed E-state index contributed by atoms with van der Waals surface area (Å²) >= 11 is 5.88. The molecule has 1 aliphatic rings. The SMILES string of the molecule is CN(CC1CCCCC1)c1nc(Cl)ccc1C(=O)O. The predicted molar refractivity (Wildman–Crippen MR) is 76.1 cm³/mol. The number of hydrogen-bond donors (Lipinski definition) is 1. The second kappa shape index (κ2) is 6.24. The number of aromatic nitrogens is 1. The van der Waals surface area contributed by atoms with E-state index in [1.54, 1.807) is 0 Å². The summed E-state index contributed by atoms with van der Waals surface area (Å²) in [7, 11) is 1.89. The van der Waals surface area contributed by atoms with Gasteiger partial charge in [0, 0.05) is 13.6 Å². The predicted octanol–water partition coefficient (Wildman–Crippen LogP) is 3.45. The van der Waals surface area contributed by atoms with Gasteiger partial charge in [-0.1, -0.05) is 30.9 Å². The standard InChI is InChI=1S/C14H19ClN2O2/c1-17(9-10-5-3-2-4-6-10)13-11(14(18)19)7-8-12(15)16-13/h7-8,10H,2-6,9H2,1H3,(H,18,19). The molecule has 0 amide bonds. The van der Waals surface area contributed by atoms with Crippen molar-refractivity contribution < 1.29 is 9.90 Å². The lowest BCUT2D eigenvalue weighted by Gasteiger charge is -2.28. The molecule has 1 heterocycles. The first kappa shape index (κ1) is 14.1. The van der Waals surface area contributed by atoms with Gasteiger partial charge in [0.15, 0.2) is 0 Å². The average Bonchev–Trinajstić information content (AvgIpc) is 2.39. The Morgan fingerprint density at radius 1 is 1.42 bits per heavy atom. The van der Waals surface area contributed by atoms with Crippen molar-refractivity contribution in [1.29, 1.82) is 0 Å². The van der Waals surface area contributed by atoms with Crippen LogP contribution in [0.15, 0.2) is 12.1 Å². The highest BCUT2D eigenvalue weighted by Gasteiger charge is 2.20. The smallest absolute Gasteiger partial charge is 0.339 e. The first-order chi connectivity index (χ1) is 9.08. The lowest BCUT2D eigenvalue weighted by molar-refractivity contribution is 0.0697. The second-order valence-electron chi connectivity index (χ2n) is 5.19. The van der Waals surface area contributed by atoms with Crippen molar-refractivity contribution in [2.75, 3.05) is 18.5 Å². The van der Waals surface area contributed by atoms with Crippen LogP contribution in [0.3, 0.4) is 0 Å². The number of rotatable bonds is 4. The van der Waals surface area contributed by atoms with Gasteiger partial charge in [-0.2, -0.15) is 0 Å². The molecule has 0 spiro atoms. The average molecular weight is 283 g/mol. The summed E-state index contributed by atoms with van der Waals surface area (Å²) < 4.78 is 0. The maximum Gasteiger partial charge on any atom is 0.339 e. The van der Waals surface area contributed by atoms with Gasteiger partial charge in [-0.05, 0) is 30.9 Å². The van der Waals surface area contributed by atoms with Crippen molar-refractivity contribution >= 4 is 23.4 Å². The van der Waals surface area contributed by atoms with Gasteiger partial charge in [0.1, 0.15) is 16.5 Å². The molecule has 1 aromatic rings. The highest BCUT2D eigenvalue weighted by Crippen LogP contribution is 2.27. The van der Waals surface area contributed by atoms with Crippen LogP contribution in [0.5, 0.6) is 0 Å². The Morgan fingerprint density at radius 2 is 2.11 bits per heavy atom. The molecule has 0 radical (unpaired) electrons. The Bertz CT molecular complexity index is 459. The number of carboxylic acid groups (broad SMARTS) is 1. The molecule has 5 heteroatoms. The van der Waals surface area contributed by atoms with Crippen molar-refractivity contribution in [3.8, 4) is 0 Å². The summed E-state index contributed by atoms with van der Waals surface area (Å²) in [5.41, 5.74) is 0.211. The summed E-state index contributed by atoms with van der Waals surface area (Å²) in [5.74, 6) is 0.126. The van der Waals surface area contributed by atoms with Crippen molar-refractivity contribution in [2.24, 2.45) is 5.92 Å². The Balaban J connectivity index is 2.14. The fourth-order valence-electron chi connectivity index (χ4n) is 2.73. The van der Waals surface area contributed by atoms with Crippen molar-refractivity contribution in [2.45, 2.75) is 32.1 Å². The number of anilines is 1. The van der Waals surface area contributed by atoms with Gasteiger partial charge >= 0.3 is 5.97 Å². The zero-order valence-corrected chi connectivity index (χ0v) is 11.9. The summed E-state index contributed by atoms with van der Waals surface area (Å²) in [6, 6.07) is 3.04. The van der Waals surface area contributed by atoms with Crippen LogP contribution in [-0.4, -0.2) is 29.7 Å². The molecule has 0 aliphatic heterocycles. The summed E-state index contributed by atoms with van der Waals surface area (Å²) in [6.07, 6.45) is 6.29. The van der Waals surface area contributed by atoms with Gasteiger partial charge in [0.25, 0.3) is 0 Å². The molecule has 1 N–H and O–H groups in total. The topological polar surface area (TPSA) is 53.4 Å². The molecule has 2 rings (SSSR count). The minimum absolute atomic E-state index is 0.211. The summed E-state index contributed by atoms with van der Waals surface area (Å²) in [6.45, 7) is 0.841. The molecular formula is C14H19ClN2O2. The van der Waals surface area contributed by atoms with E-state index < -0.39 is 5.97 Å². The van der Waals surface area contributed by atoms with E-state index in [9.17, 15) is 9.90 Å². The van der Waals surface area contributed by atoms with Crippen LogP contribution in [0.1, 0.15) is 42.5 Å². The Labute approximate surface area is 118 Å². The van der Waals surface area contributed by atoms with Crippen LogP contribution in [0.4, 0.5) is 5.82 Å². The van der Waals surface area contributed by atoms with Gasteiger partial charge in [0.2, 0.25) is 0 Å². The Kier molecular flexibility index (Phi) is 4.64. The fourth-order valence-corrected chi connectivity index (χ4v) is 2.87. The van der Waals surface area contributed by atoms with E-state index in [4.69, 9.17) is 11.6 Å². The van der Waals surface area contributed by atoms with Crippen LogP contribution in [-0.2, 0) is 0 Å². The number of carbonyl (C=O) groups is 1. The second-order valence-corrected chi connectivity index (χ2v) is 5.58. The van der Waals surface area contributed by atoms with E-state index >= 15 is 0 Å². The van der Waals surface area contributed by atoms with Crippen LogP contribution in [0.25, 0.3) is 0 Å². The number of hydrogen-bond acceptors (Lipinski definition) is 3. The van der Waals surface area contributed by atoms with Crippen molar-refractivity contribution in [1.82, 2.24) is 4.98 Å². The van der Waals surface area contributed by atoms with Gasteiger partial charge < -0.3 is 10.0 Å². The Hall–Kier alpha value is -1.29. The monoisotopic (exact) mass is 282 g/mol. The van der Waals surface area contributed by atoms with E-state index in [0.29, 0.717) is 16.9 Å². The van der Waals surface area contributed by atoms with E-state index in [2.05, 4.69) is 4.98 Å². The van der Waals surface area contributed by atoms with E-state index in [1.807, 2.05) is 11.9 Å². The zero-order chi connectivity index (χ0) is 13.8. The lowest BCUT2D eigenvalue weighted by Crippen LogP contribution is -2.29. The summed E-state index contributed by atoms with van der Waals surface area (Å²) in [4.78, 5) is 17.3. The number of carboxylic acids is 1. The number of nitrogens with zero attached hydrogens (tertiary/aromatic N) is 2. The third-order valence-corrected chi connectivity index (χ3v) is 3.90. The van der Waals surface area contributed by atoms with Gasteiger partial charge in [-0.15, -0.1) is 0 Å². The van der Waals surface area contributed by atoms with Gasteiger partial charge in [-0.25, -0.2) is 9.78 Å². The molecule has 0 aromatic carbocycles. The van der Waals surface area contributed by atoms with Crippen molar-refractivity contribution in [3.63, 3.8) is 0 Å². The molecule has 104 valence electrons. The molecule has 0 atom stereocenters. The maximum absolute atomic E-state index is 11.2. The minimum Gasteiger partial charge on any atom is -0.478 e. The first-order valence-corrected chi connectivity index (χ1v) is 7.06. The molecule has 1 aliphatic carbocycles. The highest BCUT2D eigenvalue weighted by atomic mass is 35.5. The lowest BCUT2D eigenvalue weighted by atomic mass is 9.89. The van der Waals surface area contributed by atoms with E-state index in [0.717, 1.165) is 6.54 Å². The normalized spacial score (nSPS) is 16.3. The van der Waals surface area contributed by atoms with Crippen molar-refractivity contribution in [3.05, 3.63) is 22.8 Å². The third kappa shape index (κ3) is 3.60. The van der Waals surface area contributed by atoms with E-state index in [1.165, 1.54) is 44.2 Å². The van der Waals surface area contributed by atoms with Gasteiger partial charge in [0.05, 0.1) is 0 Å². The molecule has 0 unspecified atom stereocenters. The molecule has 1 saturated carbocycles. The summed E-state index contributed by atoms with van der Waals surface area (Å²) in [5, 5.41) is 9.53. The number of aromatic carboxylic acids is 1. The molecule has 1 aromatic heterocycles. The molecule has 0 saturated heterocycles. The largest absolute Gasteiger partial charge is 0.478 e. The van der Waals surface area contributed by atoms with Crippen LogP contribution in [0, 0.1) is 5.92 Å². The molecule has 19 heavy (non-hydrogen) atoms. The maximum atomic E-state index is 11.2. The quantitative estimate of drug-likeness (QED) is 0.860. The van der Waals surface area contributed by atoms with Crippen LogP contribution >= 0.6 is 11.6 Å². The number of halogens is 1. The first-order valence-electron chi connectivity index (χ1n) is 6.69. The molecule has 1 fully saturated rings. The van der Waals surface area contributed by atoms with Gasteiger partial charge in [-0.3, -0.25) is 0 Å². The molecular weight excluding hydrogens is 264 g/mol. The molecule has 4 nitrogen and oxygen atoms in total. The minimum atomic E-state index is -0.963. The Morgan fingerprint density at radius 3 is 2.74 bits per heavy atom. The zero-order valence-electron chi connectivity index (χ0n) is 11.1. The fraction of sp³-hybridized carbons (Fsp3) is 0.571. The third-order valence-electron chi connectivity index (χ3n) is 3.69.